The average Bonchev–Trinajstić information content (AvgIpc) is 2.45. The number of aromatic nitrogens is 4. The van der Waals surface area contributed by atoms with Gasteiger partial charge in [-0.25, -0.2) is 14.6 Å². The normalized spacial score (nSPS) is 10.4. The van der Waals surface area contributed by atoms with Crippen LogP contribution in [0.1, 0.15) is 11.4 Å². The third kappa shape index (κ3) is 1.44. The van der Waals surface area contributed by atoms with Crippen LogP contribution >= 0.6 is 0 Å². The molecule has 0 bridgehead atoms. The van der Waals surface area contributed by atoms with E-state index in [1.807, 2.05) is 19.9 Å². The van der Waals surface area contributed by atoms with Gasteiger partial charge in [0.1, 0.15) is 12.1 Å². The van der Waals surface area contributed by atoms with Gasteiger partial charge in [0.2, 0.25) is 0 Å². The number of aryl methyl sites for hydroxylation is 2. The lowest BCUT2D eigenvalue weighted by Crippen LogP contribution is -2.03. The molecule has 2 N–H and O–H groups in total. The van der Waals surface area contributed by atoms with E-state index in [2.05, 4.69) is 15.1 Å². The topological polar surface area (TPSA) is 69.6 Å². The van der Waals surface area contributed by atoms with Crippen LogP contribution in [0.4, 0.5) is 5.82 Å². The number of rotatable bonds is 1. The molecule has 0 aliphatic carbocycles. The van der Waals surface area contributed by atoms with Crippen LogP contribution in [-0.4, -0.2) is 19.7 Å². The summed E-state index contributed by atoms with van der Waals surface area (Å²) >= 11 is 0. The molecule has 0 aliphatic rings. The molecule has 0 fully saturated rings. The van der Waals surface area contributed by atoms with Gasteiger partial charge in [0.25, 0.3) is 0 Å². The van der Waals surface area contributed by atoms with Crippen molar-refractivity contribution >= 4 is 5.82 Å². The molecule has 0 aliphatic heterocycles. The second-order valence-corrected chi connectivity index (χ2v) is 3.14. The van der Waals surface area contributed by atoms with E-state index in [-0.39, 0.29) is 0 Å². The van der Waals surface area contributed by atoms with E-state index in [9.17, 15) is 0 Å². The van der Waals surface area contributed by atoms with Crippen LogP contribution in [0.15, 0.2) is 18.5 Å². The number of hydrogen-bond donors (Lipinski definition) is 1. The van der Waals surface area contributed by atoms with Gasteiger partial charge in [-0.2, -0.15) is 0 Å². The third-order valence-corrected chi connectivity index (χ3v) is 1.91. The maximum Gasteiger partial charge on any atom is 0.157 e. The lowest BCUT2D eigenvalue weighted by atomic mass is 10.4. The van der Waals surface area contributed by atoms with Crippen LogP contribution in [0.2, 0.25) is 0 Å². The second-order valence-electron chi connectivity index (χ2n) is 3.14. The first-order chi connectivity index (χ1) is 6.66. The van der Waals surface area contributed by atoms with Crippen LogP contribution in [-0.2, 0) is 0 Å². The van der Waals surface area contributed by atoms with Crippen molar-refractivity contribution in [3.8, 4) is 5.82 Å². The lowest BCUT2D eigenvalue weighted by Gasteiger charge is -2.02. The van der Waals surface area contributed by atoms with Crippen molar-refractivity contribution in [2.24, 2.45) is 0 Å². The van der Waals surface area contributed by atoms with Crippen molar-refractivity contribution in [2.75, 3.05) is 5.73 Å². The van der Waals surface area contributed by atoms with E-state index < -0.39 is 0 Å². The fourth-order valence-electron chi connectivity index (χ4n) is 1.29. The van der Waals surface area contributed by atoms with Gasteiger partial charge in [0.15, 0.2) is 5.82 Å². The predicted octanol–water partition coefficient (Wildman–Crippen LogP) is 0.861. The van der Waals surface area contributed by atoms with Crippen molar-refractivity contribution in [1.82, 2.24) is 19.7 Å². The van der Waals surface area contributed by atoms with Crippen molar-refractivity contribution in [1.29, 1.82) is 0 Å². The number of nitrogens with two attached hydrogens (primary N) is 1. The van der Waals surface area contributed by atoms with E-state index in [0.29, 0.717) is 5.82 Å². The van der Waals surface area contributed by atoms with E-state index >= 15 is 0 Å². The van der Waals surface area contributed by atoms with Crippen LogP contribution < -0.4 is 5.73 Å². The highest BCUT2D eigenvalue weighted by atomic mass is 15.3. The number of nitrogens with zero attached hydrogens (tertiary/aromatic N) is 4. The minimum atomic E-state index is 0.499. The zero-order chi connectivity index (χ0) is 10.1. The Morgan fingerprint density at radius 3 is 2.57 bits per heavy atom. The number of anilines is 1. The van der Waals surface area contributed by atoms with Gasteiger partial charge in [0, 0.05) is 23.5 Å². The molecule has 2 rings (SSSR count). The SMILES string of the molecule is Cc1cc(-n2nc(N)cc2C)ncn1. The van der Waals surface area contributed by atoms with Gasteiger partial charge in [-0.15, -0.1) is 5.10 Å². The van der Waals surface area contributed by atoms with Gasteiger partial charge < -0.3 is 5.73 Å². The molecule has 2 aromatic rings. The minimum absolute atomic E-state index is 0.499. The highest BCUT2D eigenvalue weighted by Crippen LogP contribution is 2.10. The Labute approximate surface area is 81.6 Å². The largest absolute Gasteiger partial charge is 0.382 e. The summed E-state index contributed by atoms with van der Waals surface area (Å²) in [5.74, 6) is 1.24. The molecule has 0 saturated carbocycles. The van der Waals surface area contributed by atoms with Gasteiger partial charge in [-0.05, 0) is 13.8 Å². The molecular formula is C9H11N5. The smallest absolute Gasteiger partial charge is 0.157 e. The third-order valence-electron chi connectivity index (χ3n) is 1.91. The van der Waals surface area contributed by atoms with Crippen molar-refractivity contribution < 1.29 is 0 Å². The molecule has 14 heavy (non-hydrogen) atoms. The van der Waals surface area contributed by atoms with E-state index in [1.54, 1.807) is 10.7 Å². The molecule has 5 heteroatoms. The standard InChI is InChI=1S/C9H11N5/c1-6-3-9(12-5-11-6)14-7(2)4-8(10)13-14/h3-5H,1-2H3,(H2,10,13). The predicted molar refractivity (Wildman–Crippen MR) is 53.0 cm³/mol. The second kappa shape index (κ2) is 3.10. The molecule has 72 valence electrons. The Hall–Kier alpha value is -1.91. The summed E-state index contributed by atoms with van der Waals surface area (Å²) in [5.41, 5.74) is 7.44. The lowest BCUT2D eigenvalue weighted by molar-refractivity contribution is 0.811. The molecule has 0 saturated heterocycles. The van der Waals surface area contributed by atoms with E-state index in [0.717, 1.165) is 17.2 Å². The highest BCUT2D eigenvalue weighted by Gasteiger charge is 2.04. The monoisotopic (exact) mass is 189 g/mol. The van der Waals surface area contributed by atoms with Gasteiger partial charge in [0.05, 0.1) is 0 Å². The summed E-state index contributed by atoms with van der Waals surface area (Å²) < 4.78 is 1.70. The van der Waals surface area contributed by atoms with Crippen molar-refractivity contribution in [3.05, 3.63) is 29.8 Å². The van der Waals surface area contributed by atoms with Crippen LogP contribution in [0, 0.1) is 13.8 Å². The van der Waals surface area contributed by atoms with Crippen molar-refractivity contribution in [3.63, 3.8) is 0 Å². The fourth-order valence-corrected chi connectivity index (χ4v) is 1.29. The summed E-state index contributed by atoms with van der Waals surface area (Å²) in [6, 6.07) is 3.66. The molecule has 0 amide bonds. The average molecular weight is 189 g/mol. The zero-order valence-corrected chi connectivity index (χ0v) is 8.10. The molecule has 0 aromatic carbocycles. The Kier molecular flexibility index (Phi) is 1.92. The fraction of sp³-hybridized carbons (Fsp3) is 0.222. The Bertz CT molecular complexity index is 460. The molecular weight excluding hydrogens is 178 g/mol. The van der Waals surface area contributed by atoms with Crippen LogP contribution in [0.25, 0.3) is 5.82 Å². The van der Waals surface area contributed by atoms with Crippen molar-refractivity contribution in [2.45, 2.75) is 13.8 Å². The Morgan fingerprint density at radius 1 is 1.21 bits per heavy atom. The molecule has 5 nitrogen and oxygen atoms in total. The summed E-state index contributed by atoms with van der Waals surface area (Å²) in [6.07, 6.45) is 1.52. The highest BCUT2D eigenvalue weighted by molar-refractivity contribution is 5.34. The number of nitrogen functional groups attached to an aromatic ring is 1. The maximum atomic E-state index is 5.58. The first kappa shape index (κ1) is 8.68. The molecule has 0 atom stereocenters. The van der Waals surface area contributed by atoms with Gasteiger partial charge in [-0.1, -0.05) is 0 Å². The van der Waals surface area contributed by atoms with E-state index in [4.69, 9.17) is 5.73 Å². The summed E-state index contributed by atoms with van der Waals surface area (Å²) in [6.45, 7) is 3.84. The quantitative estimate of drug-likeness (QED) is 0.722. The van der Waals surface area contributed by atoms with Gasteiger partial charge in [-0.3, -0.25) is 0 Å². The Balaban J connectivity index is 2.54. The van der Waals surface area contributed by atoms with Crippen LogP contribution in [0.3, 0.4) is 0 Å². The first-order valence-corrected chi connectivity index (χ1v) is 4.28. The minimum Gasteiger partial charge on any atom is -0.382 e. The zero-order valence-electron chi connectivity index (χ0n) is 8.10. The molecule has 2 aromatic heterocycles. The van der Waals surface area contributed by atoms with Crippen LogP contribution in [0.5, 0.6) is 0 Å². The molecule has 0 radical (unpaired) electrons. The molecule has 0 unspecified atom stereocenters. The molecule has 0 spiro atoms. The molecule has 2 heterocycles. The Morgan fingerprint density at radius 2 is 2.00 bits per heavy atom. The summed E-state index contributed by atoms with van der Waals surface area (Å²) in [5, 5.41) is 4.13. The summed E-state index contributed by atoms with van der Waals surface area (Å²) in [7, 11) is 0. The van der Waals surface area contributed by atoms with Gasteiger partial charge >= 0.3 is 0 Å². The summed E-state index contributed by atoms with van der Waals surface area (Å²) in [4.78, 5) is 8.14. The van der Waals surface area contributed by atoms with E-state index in [1.165, 1.54) is 6.33 Å². The maximum absolute atomic E-state index is 5.58. The first-order valence-electron chi connectivity index (χ1n) is 4.28. The number of hydrogen-bond acceptors (Lipinski definition) is 4.